The third kappa shape index (κ3) is 7.95. The fourth-order valence-electron chi connectivity index (χ4n) is 3.14. The van der Waals surface area contributed by atoms with E-state index in [0.717, 1.165) is 57.0 Å². The van der Waals surface area contributed by atoms with Gasteiger partial charge in [-0.25, -0.2) is 8.42 Å². The van der Waals surface area contributed by atoms with Gasteiger partial charge in [-0.1, -0.05) is 32.4 Å². The summed E-state index contributed by atoms with van der Waals surface area (Å²) in [5, 5.41) is 6.52. The highest BCUT2D eigenvalue weighted by molar-refractivity contribution is 7.89. The van der Waals surface area contributed by atoms with Crippen LogP contribution in [0.25, 0.3) is 0 Å². The first-order valence-electron chi connectivity index (χ1n) is 10.5. The van der Waals surface area contributed by atoms with Gasteiger partial charge in [-0.05, 0) is 42.9 Å². The normalized spacial score (nSPS) is 16.2. The molecule has 2 rings (SSSR count). The molecular weight excluding hydrogens is 388 g/mol. The second-order valence-corrected chi connectivity index (χ2v) is 9.72. The van der Waals surface area contributed by atoms with Gasteiger partial charge in [-0.2, -0.15) is 4.31 Å². The van der Waals surface area contributed by atoms with Crippen LogP contribution in [0.4, 0.5) is 0 Å². The Morgan fingerprint density at radius 1 is 1.14 bits per heavy atom. The van der Waals surface area contributed by atoms with E-state index < -0.39 is 10.0 Å². The van der Waals surface area contributed by atoms with E-state index in [1.165, 1.54) is 0 Å². The third-order valence-corrected chi connectivity index (χ3v) is 6.68. The van der Waals surface area contributed by atoms with E-state index in [1.807, 2.05) is 12.1 Å². The predicted molar refractivity (Wildman–Crippen MR) is 118 cm³/mol. The highest BCUT2D eigenvalue weighted by Gasteiger charge is 2.25. The summed E-state index contributed by atoms with van der Waals surface area (Å²) in [6, 6.07) is 7.11. The van der Waals surface area contributed by atoms with Crippen molar-refractivity contribution in [3.05, 3.63) is 29.8 Å². The van der Waals surface area contributed by atoms with Crippen LogP contribution < -0.4 is 10.6 Å². The fourth-order valence-corrected chi connectivity index (χ4v) is 4.66. The van der Waals surface area contributed by atoms with Gasteiger partial charge in [0, 0.05) is 46.4 Å². The lowest BCUT2D eigenvalue weighted by atomic mass is 10.2. The van der Waals surface area contributed by atoms with Crippen molar-refractivity contribution < 1.29 is 13.2 Å². The van der Waals surface area contributed by atoms with E-state index in [-0.39, 0.29) is 0 Å². The maximum absolute atomic E-state index is 12.7. The molecule has 1 aliphatic rings. The molecule has 0 aromatic heterocycles. The Balaban J connectivity index is 1.77. The van der Waals surface area contributed by atoms with Crippen molar-refractivity contribution in [1.82, 2.24) is 14.9 Å². The van der Waals surface area contributed by atoms with E-state index in [2.05, 4.69) is 29.5 Å². The molecule has 0 atom stereocenters. The second-order valence-electron chi connectivity index (χ2n) is 7.78. The summed E-state index contributed by atoms with van der Waals surface area (Å²) >= 11 is 0. The first-order chi connectivity index (χ1) is 13.9. The van der Waals surface area contributed by atoms with Crippen molar-refractivity contribution in [1.29, 1.82) is 0 Å². The SMILES string of the molecule is CN=C(NCCCOCC(C)C)NCc1ccc(S(=O)(=O)N2CCCCC2)cc1. The molecule has 8 heteroatoms. The van der Waals surface area contributed by atoms with Crippen molar-refractivity contribution in [2.75, 3.05) is 39.9 Å². The first kappa shape index (κ1) is 23.6. The molecule has 0 spiro atoms. The molecule has 164 valence electrons. The quantitative estimate of drug-likeness (QED) is 0.343. The lowest BCUT2D eigenvalue weighted by Gasteiger charge is -2.25. The van der Waals surface area contributed by atoms with E-state index >= 15 is 0 Å². The molecular formula is C21H36N4O3S. The minimum atomic E-state index is -3.37. The molecule has 7 nitrogen and oxygen atoms in total. The smallest absolute Gasteiger partial charge is 0.243 e. The van der Waals surface area contributed by atoms with Crippen LogP contribution >= 0.6 is 0 Å². The number of sulfonamides is 1. The van der Waals surface area contributed by atoms with Crippen LogP contribution in [0.5, 0.6) is 0 Å². The highest BCUT2D eigenvalue weighted by Crippen LogP contribution is 2.20. The molecule has 0 unspecified atom stereocenters. The molecule has 0 aliphatic carbocycles. The van der Waals surface area contributed by atoms with Crippen LogP contribution in [0, 0.1) is 5.92 Å². The first-order valence-corrected chi connectivity index (χ1v) is 12.0. The molecule has 1 saturated heterocycles. The summed E-state index contributed by atoms with van der Waals surface area (Å²) in [6.07, 6.45) is 3.90. The monoisotopic (exact) mass is 424 g/mol. The maximum atomic E-state index is 12.7. The number of hydrogen-bond donors (Lipinski definition) is 2. The van der Waals surface area contributed by atoms with Crippen LogP contribution in [-0.2, 0) is 21.3 Å². The third-order valence-electron chi connectivity index (χ3n) is 4.77. The van der Waals surface area contributed by atoms with Gasteiger partial charge in [-0.15, -0.1) is 0 Å². The lowest BCUT2D eigenvalue weighted by molar-refractivity contribution is 0.108. The maximum Gasteiger partial charge on any atom is 0.243 e. The number of hydrogen-bond acceptors (Lipinski definition) is 4. The van der Waals surface area contributed by atoms with Crippen molar-refractivity contribution in [2.45, 2.75) is 51.0 Å². The molecule has 2 N–H and O–H groups in total. The summed E-state index contributed by atoms with van der Waals surface area (Å²) in [5.74, 6) is 1.28. The summed E-state index contributed by atoms with van der Waals surface area (Å²) in [6.45, 7) is 8.40. The van der Waals surface area contributed by atoms with Gasteiger partial charge < -0.3 is 15.4 Å². The summed E-state index contributed by atoms with van der Waals surface area (Å²) in [4.78, 5) is 4.59. The largest absolute Gasteiger partial charge is 0.381 e. The zero-order valence-electron chi connectivity index (χ0n) is 18.0. The molecule has 29 heavy (non-hydrogen) atoms. The molecule has 0 radical (unpaired) electrons. The Bertz CT molecular complexity index is 727. The van der Waals surface area contributed by atoms with Gasteiger partial charge in [0.2, 0.25) is 10.0 Å². The Hall–Kier alpha value is -1.64. The van der Waals surface area contributed by atoms with Crippen molar-refractivity contribution in [2.24, 2.45) is 10.9 Å². The number of ether oxygens (including phenoxy) is 1. The molecule has 1 aliphatic heterocycles. The summed E-state index contributed by atoms with van der Waals surface area (Å²) in [5.41, 5.74) is 1.01. The fraction of sp³-hybridized carbons (Fsp3) is 0.667. The van der Waals surface area contributed by atoms with Crippen molar-refractivity contribution in [3.63, 3.8) is 0 Å². The number of piperidine rings is 1. The van der Waals surface area contributed by atoms with E-state index in [1.54, 1.807) is 23.5 Å². The van der Waals surface area contributed by atoms with E-state index in [9.17, 15) is 8.42 Å². The minimum absolute atomic E-state index is 0.368. The van der Waals surface area contributed by atoms with Crippen LogP contribution in [0.15, 0.2) is 34.2 Å². The number of nitrogens with one attached hydrogen (secondary N) is 2. The number of nitrogens with zero attached hydrogens (tertiary/aromatic N) is 2. The molecule has 1 heterocycles. The van der Waals surface area contributed by atoms with Gasteiger partial charge in [0.05, 0.1) is 4.90 Å². The summed E-state index contributed by atoms with van der Waals surface area (Å²) in [7, 11) is -1.64. The average Bonchev–Trinajstić information content (AvgIpc) is 2.73. The zero-order valence-corrected chi connectivity index (χ0v) is 18.8. The lowest BCUT2D eigenvalue weighted by Crippen LogP contribution is -2.37. The van der Waals surface area contributed by atoms with Gasteiger partial charge in [0.15, 0.2) is 5.96 Å². The second kappa shape index (κ2) is 12.1. The Kier molecular flexibility index (Phi) is 9.90. The molecule has 1 aromatic carbocycles. The molecule has 1 aromatic rings. The number of benzene rings is 1. The molecule has 0 saturated carbocycles. The van der Waals surface area contributed by atoms with Gasteiger partial charge >= 0.3 is 0 Å². The average molecular weight is 425 g/mol. The van der Waals surface area contributed by atoms with Crippen LogP contribution in [0.3, 0.4) is 0 Å². The standard InChI is InChI=1S/C21H36N4O3S/c1-18(2)17-28-15-7-12-23-21(22-3)24-16-19-8-10-20(11-9-19)29(26,27)25-13-5-4-6-14-25/h8-11,18H,4-7,12-17H2,1-3H3,(H2,22,23,24). The minimum Gasteiger partial charge on any atom is -0.381 e. The van der Waals surface area contributed by atoms with E-state index in [0.29, 0.717) is 30.4 Å². The zero-order chi connectivity index (χ0) is 21.1. The van der Waals surface area contributed by atoms with Crippen LogP contribution in [-0.4, -0.2) is 58.6 Å². The van der Waals surface area contributed by atoms with Crippen LogP contribution in [0.1, 0.15) is 45.1 Å². The Morgan fingerprint density at radius 3 is 2.45 bits per heavy atom. The van der Waals surface area contributed by atoms with Crippen LogP contribution in [0.2, 0.25) is 0 Å². The number of guanidine groups is 1. The Morgan fingerprint density at radius 2 is 1.83 bits per heavy atom. The van der Waals surface area contributed by atoms with Gasteiger partial charge in [0.1, 0.15) is 0 Å². The summed E-state index contributed by atoms with van der Waals surface area (Å²) < 4.78 is 32.6. The van der Waals surface area contributed by atoms with Crippen molar-refractivity contribution >= 4 is 16.0 Å². The van der Waals surface area contributed by atoms with Gasteiger partial charge in [-0.3, -0.25) is 4.99 Å². The van der Waals surface area contributed by atoms with Gasteiger partial charge in [0.25, 0.3) is 0 Å². The highest BCUT2D eigenvalue weighted by atomic mass is 32.2. The molecule has 1 fully saturated rings. The van der Waals surface area contributed by atoms with E-state index in [4.69, 9.17) is 4.74 Å². The topological polar surface area (TPSA) is 83.0 Å². The Labute approximate surface area is 176 Å². The molecule has 0 amide bonds. The predicted octanol–water partition coefficient (Wildman–Crippen LogP) is 2.59. The number of aliphatic imine (C=N–C) groups is 1. The molecule has 0 bridgehead atoms. The number of rotatable bonds is 10. The van der Waals surface area contributed by atoms with Crippen molar-refractivity contribution in [3.8, 4) is 0 Å².